The maximum absolute atomic E-state index is 3.72. The highest BCUT2D eigenvalue weighted by atomic mass is 15.1. The Balaban J connectivity index is 2.48. The summed E-state index contributed by atoms with van der Waals surface area (Å²) in [4.78, 5) is 2.59. The molecular formula is C16H34N2. The van der Waals surface area contributed by atoms with Crippen molar-refractivity contribution in [2.24, 2.45) is 5.92 Å². The van der Waals surface area contributed by atoms with Crippen molar-refractivity contribution in [3.05, 3.63) is 0 Å². The third kappa shape index (κ3) is 5.27. The maximum atomic E-state index is 3.72. The average Bonchev–Trinajstić information content (AvgIpc) is 2.56. The van der Waals surface area contributed by atoms with E-state index in [1.54, 1.807) is 0 Å². The van der Waals surface area contributed by atoms with Crippen molar-refractivity contribution in [2.75, 3.05) is 20.1 Å². The molecule has 1 N–H and O–H groups in total. The Morgan fingerprint density at radius 3 is 2.56 bits per heavy atom. The molecule has 0 heterocycles. The fourth-order valence-corrected chi connectivity index (χ4v) is 3.32. The van der Waals surface area contributed by atoms with Crippen molar-refractivity contribution in [2.45, 2.75) is 77.8 Å². The smallest absolute Gasteiger partial charge is 0.0107 e. The van der Waals surface area contributed by atoms with Gasteiger partial charge in [0.2, 0.25) is 0 Å². The van der Waals surface area contributed by atoms with Gasteiger partial charge < -0.3 is 10.2 Å². The molecule has 108 valence electrons. The predicted octanol–water partition coefficient (Wildman–Crippen LogP) is 3.67. The molecule has 3 atom stereocenters. The van der Waals surface area contributed by atoms with E-state index >= 15 is 0 Å². The summed E-state index contributed by atoms with van der Waals surface area (Å²) in [7, 11) is 2.31. The van der Waals surface area contributed by atoms with E-state index in [4.69, 9.17) is 0 Å². The fourth-order valence-electron chi connectivity index (χ4n) is 3.32. The van der Waals surface area contributed by atoms with Gasteiger partial charge in [0.25, 0.3) is 0 Å². The van der Waals surface area contributed by atoms with Gasteiger partial charge in [0.15, 0.2) is 0 Å². The van der Waals surface area contributed by atoms with Gasteiger partial charge in [-0.3, -0.25) is 0 Å². The number of rotatable bonds is 7. The molecule has 1 rings (SSSR count). The topological polar surface area (TPSA) is 15.3 Å². The molecule has 0 bridgehead atoms. The standard InChI is InChI=1S/C16H34N2/c1-5-10-14(3)18(4)13-15-11-8-7-9-12-16(15)17-6-2/h14-17H,5-13H2,1-4H3. The van der Waals surface area contributed by atoms with E-state index < -0.39 is 0 Å². The summed E-state index contributed by atoms with van der Waals surface area (Å²) in [5.74, 6) is 0.858. The van der Waals surface area contributed by atoms with Crippen LogP contribution in [0.2, 0.25) is 0 Å². The van der Waals surface area contributed by atoms with Crippen LogP contribution in [0.15, 0.2) is 0 Å². The predicted molar refractivity (Wildman–Crippen MR) is 81.0 cm³/mol. The summed E-state index contributed by atoms with van der Waals surface area (Å²) in [5, 5.41) is 3.72. The molecule has 2 heteroatoms. The molecule has 0 saturated heterocycles. The number of nitrogens with zero attached hydrogens (tertiary/aromatic N) is 1. The van der Waals surface area contributed by atoms with Crippen LogP contribution in [-0.2, 0) is 0 Å². The van der Waals surface area contributed by atoms with Crippen LogP contribution in [0.1, 0.15) is 65.7 Å². The number of hydrogen-bond acceptors (Lipinski definition) is 2. The van der Waals surface area contributed by atoms with E-state index in [0.29, 0.717) is 0 Å². The lowest BCUT2D eigenvalue weighted by Crippen LogP contribution is -2.43. The Bertz CT molecular complexity index is 205. The molecule has 1 aliphatic rings. The first-order chi connectivity index (χ1) is 8.69. The normalized spacial score (nSPS) is 27.2. The molecule has 1 fully saturated rings. The Morgan fingerprint density at radius 2 is 1.89 bits per heavy atom. The third-order valence-electron chi connectivity index (χ3n) is 4.61. The Hall–Kier alpha value is -0.0800. The van der Waals surface area contributed by atoms with Crippen LogP contribution >= 0.6 is 0 Å². The van der Waals surface area contributed by atoms with E-state index in [9.17, 15) is 0 Å². The quantitative estimate of drug-likeness (QED) is 0.697. The molecular weight excluding hydrogens is 220 g/mol. The van der Waals surface area contributed by atoms with Crippen molar-refractivity contribution in [3.63, 3.8) is 0 Å². The van der Waals surface area contributed by atoms with Gasteiger partial charge in [-0.2, -0.15) is 0 Å². The van der Waals surface area contributed by atoms with Gasteiger partial charge in [-0.15, -0.1) is 0 Å². The lowest BCUT2D eigenvalue weighted by atomic mass is 9.93. The van der Waals surface area contributed by atoms with Gasteiger partial charge in [0.05, 0.1) is 0 Å². The van der Waals surface area contributed by atoms with Crippen molar-refractivity contribution >= 4 is 0 Å². The van der Waals surface area contributed by atoms with Gasteiger partial charge >= 0.3 is 0 Å². The molecule has 0 aliphatic heterocycles. The van der Waals surface area contributed by atoms with Crippen LogP contribution in [0.3, 0.4) is 0 Å². The Kier molecular flexibility index (Phi) is 7.92. The Morgan fingerprint density at radius 1 is 1.17 bits per heavy atom. The minimum Gasteiger partial charge on any atom is -0.314 e. The van der Waals surface area contributed by atoms with Crippen molar-refractivity contribution in [1.29, 1.82) is 0 Å². The second kappa shape index (κ2) is 8.92. The highest BCUT2D eigenvalue weighted by Gasteiger charge is 2.25. The first-order valence-corrected chi connectivity index (χ1v) is 8.12. The molecule has 0 aromatic heterocycles. The summed E-state index contributed by atoms with van der Waals surface area (Å²) in [6, 6.07) is 1.49. The zero-order valence-corrected chi connectivity index (χ0v) is 13.0. The summed E-state index contributed by atoms with van der Waals surface area (Å²) in [6.45, 7) is 9.31. The maximum Gasteiger partial charge on any atom is 0.0107 e. The highest BCUT2D eigenvalue weighted by Crippen LogP contribution is 2.25. The molecule has 0 aromatic rings. The second-order valence-corrected chi connectivity index (χ2v) is 6.14. The largest absolute Gasteiger partial charge is 0.314 e. The van der Waals surface area contributed by atoms with Crippen LogP contribution in [-0.4, -0.2) is 37.1 Å². The van der Waals surface area contributed by atoms with Crippen LogP contribution in [0, 0.1) is 5.92 Å². The molecule has 0 aromatic carbocycles. The molecule has 0 spiro atoms. The SMILES string of the molecule is CCCC(C)N(C)CC1CCCCCC1NCC. The monoisotopic (exact) mass is 254 g/mol. The van der Waals surface area contributed by atoms with Crippen LogP contribution in [0.5, 0.6) is 0 Å². The van der Waals surface area contributed by atoms with Gasteiger partial charge in [-0.25, -0.2) is 0 Å². The van der Waals surface area contributed by atoms with Gasteiger partial charge in [-0.05, 0) is 45.7 Å². The first-order valence-electron chi connectivity index (χ1n) is 8.12. The van der Waals surface area contributed by atoms with Crippen LogP contribution < -0.4 is 5.32 Å². The molecule has 18 heavy (non-hydrogen) atoms. The van der Waals surface area contributed by atoms with Crippen molar-refractivity contribution < 1.29 is 0 Å². The minimum atomic E-state index is 0.737. The summed E-state index contributed by atoms with van der Waals surface area (Å²) >= 11 is 0. The van der Waals surface area contributed by atoms with Gasteiger partial charge in [0, 0.05) is 18.6 Å². The van der Waals surface area contributed by atoms with Crippen LogP contribution in [0.25, 0.3) is 0 Å². The minimum absolute atomic E-state index is 0.737. The van der Waals surface area contributed by atoms with Crippen molar-refractivity contribution in [1.82, 2.24) is 10.2 Å². The number of hydrogen-bond donors (Lipinski definition) is 1. The Labute approximate surface area is 115 Å². The molecule has 0 radical (unpaired) electrons. The summed E-state index contributed by atoms with van der Waals surface area (Å²) < 4.78 is 0. The van der Waals surface area contributed by atoms with E-state index in [-0.39, 0.29) is 0 Å². The lowest BCUT2D eigenvalue weighted by Gasteiger charge is -2.33. The first kappa shape index (κ1) is 16.0. The molecule has 1 saturated carbocycles. The lowest BCUT2D eigenvalue weighted by molar-refractivity contribution is 0.178. The van der Waals surface area contributed by atoms with E-state index in [1.165, 1.54) is 51.5 Å². The van der Waals surface area contributed by atoms with Gasteiger partial charge in [0.1, 0.15) is 0 Å². The molecule has 3 unspecified atom stereocenters. The highest BCUT2D eigenvalue weighted by molar-refractivity contribution is 4.82. The molecule has 1 aliphatic carbocycles. The van der Waals surface area contributed by atoms with E-state index in [2.05, 4.69) is 38.0 Å². The van der Waals surface area contributed by atoms with Gasteiger partial charge in [-0.1, -0.05) is 39.5 Å². The average molecular weight is 254 g/mol. The van der Waals surface area contributed by atoms with Crippen LogP contribution in [0.4, 0.5) is 0 Å². The second-order valence-electron chi connectivity index (χ2n) is 6.14. The zero-order chi connectivity index (χ0) is 13.4. The zero-order valence-electron chi connectivity index (χ0n) is 13.0. The van der Waals surface area contributed by atoms with Crippen molar-refractivity contribution in [3.8, 4) is 0 Å². The third-order valence-corrected chi connectivity index (χ3v) is 4.61. The summed E-state index contributed by atoms with van der Waals surface area (Å²) in [6.07, 6.45) is 9.72. The fraction of sp³-hybridized carbons (Fsp3) is 1.00. The van der Waals surface area contributed by atoms with E-state index in [1.807, 2.05) is 0 Å². The summed E-state index contributed by atoms with van der Waals surface area (Å²) in [5.41, 5.74) is 0. The van der Waals surface area contributed by atoms with E-state index in [0.717, 1.165) is 24.5 Å². The molecule has 0 amide bonds. The number of nitrogens with one attached hydrogen (secondary N) is 1. The molecule has 2 nitrogen and oxygen atoms in total.